The molecule has 0 saturated carbocycles. The molecule has 0 atom stereocenters. The van der Waals surface area contributed by atoms with Gasteiger partial charge in [-0.3, -0.25) is 0 Å². The van der Waals surface area contributed by atoms with Gasteiger partial charge in [0.2, 0.25) is 0 Å². The molecule has 0 amide bonds. The molecule has 0 unspecified atom stereocenters. The fourth-order valence-corrected chi connectivity index (χ4v) is 1.22. The third kappa shape index (κ3) is 4.18. The van der Waals surface area contributed by atoms with Crippen molar-refractivity contribution in [2.75, 3.05) is 33.2 Å². The highest BCUT2D eigenvalue weighted by molar-refractivity contribution is 5.47. The Morgan fingerprint density at radius 2 is 1.93 bits per heavy atom. The first-order chi connectivity index (χ1) is 7.26. The van der Waals surface area contributed by atoms with Crippen molar-refractivity contribution >= 4 is 5.69 Å². The summed E-state index contributed by atoms with van der Waals surface area (Å²) in [6, 6.07) is 5.55. The minimum Gasteiger partial charge on any atom is -0.497 e. The Hall–Kier alpha value is -1.26. The van der Waals surface area contributed by atoms with E-state index in [9.17, 15) is 0 Å². The van der Waals surface area contributed by atoms with Crippen LogP contribution in [0, 0.1) is 0 Å². The smallest absolute Gasteiger partial charge is 0.121 e. The average Bonchev–Trinajstić information content (AvgIpc) is 2.23. The molecule has 1 aromatic rings. The number of methoxy groups -OCH3 is 2. The molecule has 2 N–H and O–H groups in total. The highest BCUT2D eigenvalue weighted by Gasteiger charge is 1.99. The first kappa shape index (κ1) is 11.8. The molecule has 4 nitrogen and oxygen atoms in total. The van der Waals surface area contributed by atoms with Gasteiger partial charge in [0, 0.05) is 18.9 Å². The average molecular weight is 211 g/mol. The molecule has 0 heterocycles. The topological polar surface area (TPSA) is 53.7 Å². The molecular weight excluding hydrogens is 194 g/mol. The lowest BCUT2D eigenvalue weighted by Crippen LogP contribution is -2.02. The summed E-state index contributed by atoms with van der Waals surface area (Å²) >= 11 is 0. The second-order valence-electron chi connectivity index (χ2n) is 3.16. The summed E-state index contributed by atoms with van der Waals surface area (Å²) in [5.41, 5.74) is 7.39. The monoisotopic (exact) mass is 211 g/mol. The molecule has 0 aliphatic carbocycles. The third-order valence-electron chi connectivity index (χ3n) is 1.92. The van der Waals surface area contributed by atoms with Crippen molar-refractivity contribution in [1.29, 1.82) is 0 Å². The van der Waals surface area contributed by atoms with Gasteiger partial charge in [0.1, 0.15) is 5.75 Å². The van der Waals surface area contributed by atoms with E-state index < -0.39 is 0 Å². The number of hydrogen-bond donors (Lipinski definition) is 1. The van der Waals surface area contributed by atoms with Crippen LogP contribution in [-0.2, 0) is 16.1 Å². The predicted octanol–water partition coefficient (Wildman–Crippen LogP) is 1.44. The second-order valence-corrected chi connectivity index (χ2v) is 3.16. The SMILES string of the molecule is COCCOCc1cc(N)cc(OC)c1. The normalized spacial score (nSPS) is 10.3. The van der Waals surface area contributed by atoms with Crippen molar-refractivity contribution in [2.24, 2.45) is 0 Å². The van der Waals surface area contributed by atoms with E-state index in [4.69, 9.17) is 19.9 Å². The molecule has 0 aromatic heterocycles. The Labute approximate surface area is 89.9 Å². The Balaban J connectivity index is 2.49. The van der Waals surface area contributed by atoms with E-state index in [1.165, 1.54) is 0 Å². The Morgan fingerprint density at radius 3 is 2.60 bits per heavy atom. The molecule has 1 aromatic carbocycles. The first-order valence-electron chi connectivity index (χ1n) is 4.76. The van der Waals surface area contributed by atoms with Gasteiger partial charge < -0.3 is 19.9 Å². The lowest BCUT2D eigenvalue weighted by atomic mass is 10.2. The molecule has 0 fully saturated rings. The number of nitrogen functional groups attached to an aromatic ring is 1. The van der Waals surface area contributed by atoms with Crippen molar-refractivity contribution < 1.29 is 14.2 Å². The maximum absolute atomic E-state index is 5.71. The zero-order valence-corrected chi connectivity index (χ0v) is 9.16. The lowest BCUT2D eigenvalue weighted by Gasteiger charge is -2.07. The van der Waals surface area contributed by atoms with E-state index in [1.807, 2.05) is 12.1 Å². The first-order valence-corrected chi connectivity index (χ1v) is 4.76. The van der Waals surface area contributed by atoms with Crippen LogP contribution in [0.3, 0.4) is 0 Å². The summed E-state index contributed by atoms with van der Waals surface area (Å²) in [4.78, 5) is 0. The van der Waals surface area contributed by atoms with Gasteiger partial charge in [-0.1, -0.05) is 0 Å². The summed E-state index contributed by atoms with van der Waals surface area (Å²) in [6.45, 7) is 1.69. The molecule has 0 aliphatic rings. The minimum atomic E-state index is 0.519. The molecule has 0 bridgehead atoms. The van der Waals surface area contributed by atoms with Gasteiger partial charge >= 0.3 is 0 Å². The number of benzene rings is 1. The van der Waals surface area contributed by atoms with E-state index in [0.29, 0.717) is 25.5 Å². The van der Waals surface area contributed by atoms with Crippen LogP contribution < -0.4 is 10.5 Å². The van der Waals surface area contributed by atoms with Crippen LogP contribution in [0.15, 0.2) is 18.2 Å². The zero-order chi connectivity index (χ0) is 11.1. The standard InChI is InChI=1S/C11H17NO3/c1-13-3-4-15-8-9-5-10(12)7-11(6-9)14-2/h5-7H,3-4,8,12H2,1-2H3. The van der Waals surface area contributed by atoms with E-state index in [1.54, 1.807) is 20.3 Å². The molecule has 0 saturated heterocycles. The number of nitrogens with two attached hydrogens (primary N) is 1. The summed E-state index contributed by atoms with van der Waals surface area (Å²) in [5, 5.41) is 0. The molecule has 84 valence electrons. The number of hydrogen-bond acceptors (Lipinski definition) is 4. The van der Waals surface area contributed by atoms with Crippen LogP contribution in [-0.4, -0.2) is 27.4 Å². The number of rotatable bonds is 6. The Morgan fingerprint density at radius 1 is 1.13 bits per heavy atom. The van der Waals surface area contributed by atoms with Crippen LogP contribution in [0.5, 0.6) is 5.75 Å². The van der Waals surface area contributed by atoms with Crippen molar-refractivity contribution in [3.05, 3.63) is 23.8 Å². The maximum Gasteiger partial charge on any atom is 0.121 e. The van der Waals surface area contributed by atoms with Crippen LogP contribution in [0.4, 0.5) is 5.69 Å². The molecule has 1 rings (SSSR count). The van der Waals surface area contributed by atoms with Crippen LogP contribution in [0.25, 0.3) is 0 Å². The van der Waals surface area contributed by atoms with Gasteiger partial charge in [0.05, 0.1) is 26.9 Å². The van der Waals surface area contributed by atoms with Crippen molar-refractivity contribution in [2.45, 2.75) is 6.61 Å². The molecule has 15 heavy (non-hydrogen) atoms. The van der Waals surface area contributed by atoms with Gasteiger partial charge in [0.25, 0.3) is 0 Å². The number of ether oxygens (including phenoxy) is 3. The third-order valence-corrected chi connectivity index (χ3v) is 1.92. The number of anilines is 1. The van der Waals surface area contributed by atoms with Gasteiger partial charge in [-0.25, -0.2) is 0 Å². The molecular formula is C11H17NO3. The Bertz CT molecular complexity index is 302. The summed E-state index contributed by atoms with van der Waals surface area (Å²) < 4.78 is 15.4. The Kier molecular flexibility index (Phi) is 4.93. The van der Waals surface area contributed by atoms with Crippen LogP contribution in [0.2, 0.25) is 0 Å². The van der Waals surface area contributed by atoms with Crippen molar-refractivity contribution in [3.63, 3.8) is 0 Å². The zero-order valence-electron chi connectivity index (χ0n) is 9.16. The summed E-state index contributed by atoms with van der Waals surface area (Å²) in [5.74, 6) is 0.750. The fourth-order valence-electron chi connectivity index (χ4n) is 1.22. The molecule has 0 aliphatic heterocycles. The lowest BCUT2D eigenvalue weighted by molar-refractivity contribution is 0.0616. The van der Waals surface area contributed by atoms with Crippen molar-refractivity contribution in [3.8, 4) is 5.75 Å². The van der Waals surface area contributed by atoms with Gasteiger partial charge in [-0.2, -0.15) is 0 Å². The fraction of sp³-hybridized carbons (Fsp3) is 0.455. The van der Waals surface area contributed by atoms with Gasteiger partial charge in [-0.05, 0) is 17.7 Å². The summed E-state index contributed by atoms with van der Waals surface area (Å²) in [6.07, 6.45) is 0. The largest absolute Gasteiger partial charge is 0.497 e. The van der Waals surface area contributed by atoms with Crippen LogP contribution in [0.1, 0.15) is 5.56 Å². The van der Waals surface area contributed by atoms with Crippen LogP contribution >= 0.6 is 0 Å². The maximum atomic E-state index is 5.71. The van der Waals surface area contributed by atoms with E-state index in [0.717, 1.165) is 11.3 Å². The highest BCUT2D eigenvalue weighted by atomic mass is 16.5. The quantitative estimate of drug-likeness (QED) is 0.571. The van der Waals surface area contributed by atoms with E-state index in [-0.39, 0.29) is 0 Å². The second kappa shape index (κ2) is 6.27. The predicted molar refractivity (Wildman–Crippen MR) is 58.9 cm³/mol. The van der Waals surface area contributed by atoms with E-state index in [2.05, 4.69) is 0 Å². The van der Waals surface area contributed by atoms with E-state index >= 15 is 0 Å². The minimum absolute atomic E-state index is 0.519. The van der Waals surface area contributed by atoms with Gasteiger partial charge in [-0.15, -0.1) is 0 Å². The molecule has 0 spiro atoms. The summed E-state index contributed by atoms with van der Waals surface area (Å²) in [7, 11) is 3.26. The van der Waals surface area contributed by atoms with Gasteiger partial charge in [0.15, 0.2) is 0 Å². The molecule has 0 radical (unpaired) electrons. The van der Waals surface area contributed by atoms with Crippen molar-refractivity contribution in [1.82, 2.24) is 0 Å². The molecule has 4 heteroatoms. The highest BCUT2D eigenvalue weighted by Crippen LogP contribution is 2.18.